The summed E-state index contributed by atoms with van der Waals surface area (Å²) < 4.78 is 16.9. The SMILES string of the molecule is CCC/C=C\C/C=C\CCCCCCCC(=O)OCC(COC(=O)CCCCCCCCCCCC/C=C\C/C=C\C/C=C\CCCCCCC)OC(=O)CCCCCCCCCCCCCCCC. The Hall–Kier alpha value is -2.89. The Balaban J connectivity index is 4.27. The van der Waals surface area contributed by atoms with Crippen molar-refractivity contribution in [3.8, 4) is 0 Å². The zero-order valence-corrected chi connectivity index (χ0v) is 46.5. The highest BCUT2D eigenvalue weighted by atomic mass is 16.6. The number of hydrogen-bond acceptors (Lipinski definition) is 6. The van der Waals surface area contributed by atoms with E-state index in [-0.39, 0.29) is 31.1 Å². The Bertz CT molecular complexity index is 1260. The number of carbonyl (C=O) groups is 3. The van der Waals surface area contributed by atoms with Crippen LogP contribution in [-0.2, 0) is 28.6 Å². The van der Waals surface area contributed by atoms with E-state index in [9.17, 15) is 14.4 Å². The molecule has 70 heavy (non-hydrogen) atoms. The monoisotopic (exact) mass is 979 g/mol. The normalized spacial score (nSPS) is 12.4. The van der Waals surface area contributed by atoms with Crippen molar-refractivity contribution < 1.29 is 28.6 Å². The van der Waals surface area contributed by atoms with Crippen LogP contribution in [-0.4, -0.2) is 37.2 Å². The first-order valence-corrected chi connectivity index (χ1v) is 30.3. The average molecular weight is 980 g/mol. The molecule has 1 atom stereocenters. The third-order valence-electron chi connectivity index (χ3n) is 13.2. The van der Waals surface area contributed by atoms with E-state index in [1.165, 1.54) is 173 Å². The summed E-state index contributed by atoms with van der Waals surface area (Å²) in [5.41, 5.74) is 0. The number of ether oxygens (including phenoxy) is 3. The first-order valence-electron chi connectivity index (χ1n) is 30.3. The molecular formula is C64H114O6. The van der Waals surface area contributed by atoms with Gasteiger partial charge in [0.15, 0.2) is 6.10 Å². The molecule has 6 heteroatoms. The van der Waals surface area contributed by atoms with Gasteiger partial charge in [0.1, 0.15) is 13.2 Å². The molecule has 0 aromatic heterocycles. The number of rotatable bonds is 55. The number of carbonyl (C=O) groups excluding carboxylic acids is 3. The molecule has 0 rings (SSSR count). The first-order chi connectivity index (χ1) is 34.5. The molecule has 0 aliphatic heterocycles. The zero-order valence-electron chi connectivity index (χ0n) is 46.5. The molecule has 0 aliphatic rings. The lowest BCUT2D eigenvalue weighted by Gasteiger charge is -2.18. The van der Waals surface area contributed by atoms with Gasteiger partial charge in [-0.15, -0.1) is 0 Å². The lowest BCUT2D eigenvalue weighted by Crippen LogP contribution is -2.30. The van der Waals surface area contributed by atoms with E-state index in [1.54, 1.807) is 0 Å². The fourth-order valence-electron chi connectivity index (χ4n) is 8.67. The molecule has 1 unspecified atom stereocenters. The van der Waals surface area contributed by atoms with Crippen molar-refractivity contribution in [1.29, 1.82) is 0 Å². The van der Waals surface area contributed by atoms with E-state index >= 15 is 0 Å². The van der Waals surface area contributed by atoms with Crippen molar-refractivity contribution in [2.45, 2.75) is 316 Å². The maximum atomic E-state index is 12.8. The van der Waals surface area contributed by atoms with Gasteiger partial charge in [0.25, 0.3) is 0 Å². The molecule has 406 valence electrons. The van der Waals surface area contributed by atoms with Crippen LogP contribution >= 0.6 is 0 Å². The lowest BCUT2D eigenvalue weighted by atomic mass is 10.0. The average Bonchev–Trinajstić information content (AvgIpc) is 3.36. The summed E-state index contributed by atoms with van der Waals surface area (Å²) in [5, 5.41) is 0. The van der Waals surface area contributed by atoms with Crippen molar-refractivity contribution >= 4 is 17.9 Å². The topological polar surface area (TPSA) is 78.9 Å². The number of esters is 3. The summed E-state index contributed by atoms with van der Waals surface area (Å²) in [7, 11) is 0. The summed E-state index contributed by atoms with van der Waals surface area (Å²) >= 11 is 0. The van der Waals surface area contributed by atoms with Crippen molar-refractivity contribution in [3.05, 3.63) is 60.8 Å². The number of hydrogen-bond donors (Lipinski definition) is 0. The predicted octanol–water partition coefficient (Wildman–Crippen LogP) is 20.4. The smallest absolute Gasteiger partial charge is 0.306 e. The van der Waals surface area contributed by atoms with Crippen molar-refractivity contribution in [1.82, 2.24) is 0 Å². The van der Waals surface area contributed by atoms with Gasteiger partial charge >= 0.3 is 17.9 Å². The first kappa shape index (κ1) is 67.1. The summed E-state index contributed by atoms with van der Waals surface area (Å²) in [6, 6.07) is 0. The Morgan fingerprint density at radius 1 is 0.286 bits per heavy atom. The summed E-state index contributed by atoms with van der Waals surface area (Å²) in [6.07, 6.45) is 73.6. The molecule has 0 aliphatic carbocycles. The van der Waals surface area contributed by atoms with E-state index < -0.39 is 6.10 Å². The van der Waals surface area contributed by atoms with E-state index in [4.69, 9.17) is 14.2 Å². The third kappa shape index (κ3) is 56.0. The van der Waals surface area contributed by atoms with Crippen molar-refractivity contribution in [3.63, 3.8) is 0 Å². The molecule has 0 saturated carbocycles. The predicted molar refractivity (Wildman–Crippen MR) is 302 cm³/mol. The maximum Gasteiger partial charge on any atom is 0.306 e. The minimum absolute atomic E-state index is 0.0782. The fraction of sp³-hybridized carbons (Fsp3) is 0.797. The second-order valence-electron chi connectivity index (χ2n) is 20.3. The fourth-order valence-corrected chi connectivity index (χ4v) is 8.67. The van der Waals surface area contributed by atoms with Crippen LogP contribution < -0.4 is 0 Å². The second-order valence-corrected chi connectivity index (χ2v) is 20.3. The highest BCUT2D eigenvalue weighted by molar-refractivity contribution is 5.71. The standard InChI is InChI=1S/C64H114O6/c1-4-7-10-13-16-19-22-25-27-28-29-30-31-32-33-34-35-36-37-40-42-45-48-51-54-57-63(66)69-60-61(59-68-62(65)56-53-50-47-44-41-38-24-21-18-15-12-9-6-3)70-64(67)58-55-52-49-46-43-39-26-23-20-17-14-11-8-5-2/h12,15,21-22,24-25,28-29,31-32,61H,4-11,13-14,16-20,23,26-27,30,33-60H2,1-3H3/b15-12-,24-21-,25-22-,29-28-,32-31-. The van der Waals surface area contributed by atoms with Crippen molar-refractivity contribution in [2.75, 3.05) is 13.2 Å². The molecule has 0 fully saturated rings. The van der Waals surface area contributed by atoms with Gasteiger partial charge < -0.3 is 14.2 Å². The van der Waals surface area contributed by atoms with Crippen LogP contribution in [0.25, 0.3) is 0 Å². The Kier molecular flexibility index (Phi) is 56.3. The third-order valence-corrected chi connectivity index (χ3v) is 13.2. The highest BCUT2D eigenvalue weighted by Crippen LogP contribution is 2.16. The van der Waals surface area contributed by atoms with Crippen LogP contribution in [0.3, 0.4) is 0 Å². The van der Waals surface area contributed by atoms with Crippen LogP contribution in [0.5, 0.6) is 0 Å². The van der Waals surface area contributed by atoms with Crippen LogP contribution in [0.4, 0.5) is 0 Å². The van der Waals surface area contributed by atoms with Gasteiger partial charge in [-0.3, -0.25) is 14.4 Å². The molecular weight excluding hydrogens is 865 g/mol. The van der Waals surface area contributed by atoms with E-state index in [0.717, 1.165) is 96.3 Å². The number of allylic oxidation sites excluding steroid dienone is 10. The van der Waals surface area contributed by atoms with Gasteiger partial charge in [-0.25, -0.2) is 0 Å². The van der Waals surface area contributed by atoms with Gasteiger partial charge in [0, 0.05) is 19.3 Å². The zero-order chi connectivity index (χ0) is 50.7. The number of unbranched alkanes of at least 4 members (excludes halogenated alkanes) is 34. The summed E-state index contributed by atoms with van der Waals surface area (Å²) in [4.78, 5) is 38.2. The van der Waals surface area contributed by atoms with Crippen LogP contribution in [0.15, 0.2) is 60.8 Å². The summed E-state index contributed by atoms with van der Waals surface area (Å²) in [5.74, 6) is -0.883. The van der Waals surface area contributed by atoms with E-state index in [1.807, 2.05) is 0 Å². The molecule has 0 aromatic carbocycles. The molecule has 0 saturated heterocycles. The molecule has 0 spiro atoms. The molecule has 6 nitrogen and oxygen atoms in total. The van der Waals surface area contributed by atoms with Gasteiger partial charge in [0.05, 0.1) is 0 Å². The van der Waals surface area contributed by atoms with Crippen LogP contribution in [0.2, 0.25) is 0 Å². The van der Waals surface area contributed by atoms with Gasteiger partial charge in [0.2, 0.25) is 0 Å². The van der Waals surface area contributed by atoms with Gasteiger partial charge in [-0.05, 0) is 83.5 Å². The Labute approximate surface area is 434 Å². The summed E-state index contributed by atoms with van der Waals surface area (Å²) in [6.45, 7) is 6.58. The molecule has 0 aromatic rings. The van der Waals surface area contributed by atoms with Crippen LogP contribution in [0, 0.1) is 0 Å². The quantitative estimate of drug-likeness (QED) is 0.0261. The van der Waals surface area contributed by atoms with E-state index in [0.29, 0.717) is 19.3 Å². The molecule has 0 radical (unpaired) electrons. The van der Waals surface area contributed by atoms with Crippen LogP contribution in [0.1, 0.15) is 310 Å². The molecule has 0 bridgehead atoms. The highest BCUT2D eigenvalue weighted by Gasteiger charge is 2.19. The van der Waals surface area contributed by atoms with Crippen molar-refractivity contribution in [2.24, 2.45) is 0 Å². The van der Waals surface area contributed by atoms with Gasteiger partial charge in [-0.1, -0.05) is 268 Å². The minimum atomic E-state index is -0.779. The van der Waals surface area contributed by atoms with E-state index in [2.05, 4.69) is 81.5 Å². The minimum Gasteiger partial charge on any atom is -0.462 e. The lowest BCUT2D eigenvalue weighted by molar-refractivity contribution is -0.167. The maximum absolute atomic E-state index is 12.8. The second kappa shape index (κ2) is 58.7. The molecule has 0 N–H and O–H groups in total. The molecule has 0 amide bonds. The largest absolute Gasteiger partial charge is 0.462 e. The Morgan fingerprint density at radius 2 is 0.543 bits per heavy atom. The molecule has 0 heterocycles. The van der Waals surface area contributed by atoms with Gasteiger partial charge in [-0.2, -0.15) is 0 Å². The Morgan fingerprint density at radius 3 is 0.857 bits per heavy atom.